The largest absolute Gasteiger partial charge is 0.326 e. The van der Waals surface area contributed by atoms with Gasteiger partial charge in [0.05, 0.1) is 0 Å². The van der Waals surface area contributed by atoms with Crippen molar-refractivity contribution in [2.75, 3.05) is 16.8 Å². The van der Waals surface area contributed by atoms with Crippen molar-refractivity contribution in [3.63, 3.8) is 0 Å². The van der Waals surface area contributed by atoms with Crippen molar-refractivity contribution < 1.29 is 9.59 Å². The molecule has 1 aliphatic rings. The lowest BCUT2D eigenvalue weighted by Gasteiger charge is -2.17. The van der Waals surface area contributed by atoms with Gasteiger partial charge in [0, 0.05) is 17.9 Å². The number of carbonyl (C=O) groups is 2. The number of hydrogen-bond donors (Lipinski definition) is 2. The van der Waals surface area contributed by atoms with Gasteiger partial charge in [-0.25, -0.2) is 4.79 Å². The van der Waals surface area contributed by atoms with Gasteiger partial charge in [-0.3, -0.25) is 4.79 Å². The SMILES string of the molecule is CCc1cccc(NC(=O)N[C@@H]2CCN(c3ccccc3)C2=O)c1. The molecule has 0 aliphatic carbocycles. The van der Waals surface area contributed by atoms with Crippen molar-refractivity contribution in [1.29, 1.82) is 0 Å². The maximum atomic E-state index is 12.5. The van der Waals surface area contributed by atoms with Crippen LogP contribution in [-0.4, -0.2) is 24.5 Å². The Labute approximate surface area is 141 Å². The zero-order valence-electron chi connectivity index (χ0n) is 13.7. The fourth-order valence-electron chi connectivity index (χ4n) is 2.87. The van der Waals surface area contributed by atoms with E-state index >= 15 is 0 Å². The van der Waals surface area contributed by atoms with E-state index in [2.05, 4.69) is 17.6 Å². The number of para-hydroxylation sites is 1. The van der Waals surface area contributed by atoms with Crippen LogP contribution in [0.5, 0.6) is 0 Å². The van der Waals surface area contributed by atoms with E-state index in [0.29, 0.717) is 13.0 Å². The van der Waals surface area contributed by atoms with Crippen LogP contribution in [0, 0.1) is 0 Å². The number of amides is 3. The van der Waals surface area contributed by atoms with Crippen molar-refractivity contribution in [3.8, 4) is 0 Å². The maximum Gasteiger partial charge on any atom is 0.319 e. The zero-order chi connectivity index (χ0) is 16.9. The fraction of sp³-hybridized carbons (Fsp3) is 0.263. The van der Waals surface area contributed by atoms with E-state index in [0.717, 1.165) is 23.4 Å². The van der Waals surface area contributed by atoms with Gasteiger partial charge in [-0.05, 0) is 42.7 Å². The molecule has 1 fully saturated rings. The lowest BCUT2D eigenvalue weighted by atomic mass is 10.1. The molecule has 2 aromatic carbocycles. The highest BCUT2D eigenvalue weighted by Crippen LogP contribution is 2.21. The monoisotopic (exact) mass is 323 g/mol. The maximum absolute atomic E-state index is 12.5. The Balaban J connectivity index is 1.60. The minimum Gasteiger partial charge on any atom is -0.326 e. The number of benzene rings is 2. The third-order valence-electron chi connectivity index (χ3n) is 4.17. The quantitative estimate of drug-likeness (QED) is 0.908. The van der Waals surface area contributed by atoms with Crippen LogP contribution in [0.25, 0.3) is 0 Å². The first-order valence-electron chi connectivity index (χ1n) is 8.20. The first-order valence-corrected chi connectivity index (χ1v) is 8.20. The first kappa shape index (κ1) is 16.1. The average molecular weight is 323 g/mol. The Morgan fingerprint density at radius 3 is 2.71 bits per heavy atom. The van der Waals surface area contributed by atoms with Gasteiger partial charge in [0.15, 0.2) is 0 Å². The second-order valence-electron chi connectivity index (χ2n) is 5.82. The van der Waals surface area contributed by atoms with Crippen molar-refractivity contribution in [1.82, 2.24) is 5.32 Å². The zero-order valence-corrected chi connectivity index (χ0v) is 13.7. The summed E-state index contributed by atoms with van der Waals surface area (Å²) in [5.41, 5.74) is 2.75. The topological polar surface area (TPSA) is 61.4 Å². The molecule has 3 rings (SSSR count). The van der Waals surface area contributed by atoms with E-state index in [1.807, 2.05) is 54.6 Å². The van der Waals surface area contributed by atoms with Crippen LogP contribution in [0.1, 0.15) is 18.9 Å². The van der Waals surface area contributed by atoms with Crippen LogP contribution in [0.3, 0.4) is 0 Å². The molecule has 3 amide bonds. The molecule has 1 aliphatic heterocycles. The molecule has 2 N–H and O–H groups in total. The summed E-state index contributed by atoms with van der Waals surface area (Å²) in [4.78, 5) is 26.4. The van der Waals surface area contributed by atoms with Gasteiger partial charge >= 0.3 is 6.03 Å². The van der Waals surface area contributed by atoms with E-state index in [-0.39, 0.29) is 11.9 Å². The molecule has 5 heteroatoms. The van der Waals surface area contributed by atoms with Crippen LogP contribution in [0.2, 0.25) is 0 Å². The first-order chi connectivity index (χ1) is 11.7. The number of nitrogens with one attached hydrogen (secondary N) is 2. The molecule has 0 saturated carbocycles. The van der Waals surface area contributed by atoms with Gasteiger partial charge in [0.25, 0.3) is 0 Å². The van der Waals surface area contributed by atoms with Crippen molar-refractivity contribution in [2.45, 2.75) is 25.8 Å². The standard InChI is InChI=1S/C19H21N3O2/c1-2-14-7-6-8-15(13-14)20-19(24)21-17-11-12-22(18(17)23)16-9-4-3-5-10-16/h3-10,13,17H,2,11-12H2,1H3,(H2,20,21,24)/t17-/m1/s1. The predicted octanol–water partition coefficient (Wildman–Crippen LogP) is 3.18. The van der Waals surface area contributed by atoms with E-state index in [1.165, 1.54) is 0 Å². The van der Waals surface area contributed by atoms with Crippen molar-refractivity contribution in [3.05, 3.63) is 60.2 Å². The van der Waals surface area contributed by atoms with Crippen molar-refractivity contribution in [2.24, 2.45) is 0 Å². The second-order valence-corrected chi connectivity index (χ2v) is 5.82. The van der Waals surface area contributed by atoms with Crippen LogP contribution in [0.4, 0.5) is 16.2 Å². The van der Waals surface area contributed by atoms with Gasteiger partial charge in [0.1, 0.15) is 6.04 Å². The molecular formula is C19H21N3O2. The molecule has 2 aromatic rings. The van der Waals surface area contributed by atoms with Gasteiger partial charge in [-0.1, -0.05) is 37.3 Å². The number of urea groups is 1. The van der Waals surface area contributed by atoms with E-state index in [9.17, 15) is 9.59 Å². The molecule has 0 radical (unpaired) electrons. The summed E-state index contributed by atoms with van der Waals surface area (Å²) in [6.07, 6.45) is 1.51. The highest BCUT2D eigenvalue weighted by molar-refractivity contribution is 6.02. The number of rotatable bonds is 4. The Morgan fingerprint density at radius 2 is 1.96 bits per heavy atom. The van der Waals surface area contributed by atoms with Crippen LogP contribution >= 0.6 is 0 Å². The third kappa shape index (κ3) is 3.56. The molecule has 0 spiro atoms. The summed E-state index contributed by atoms with van der Waals surface area (Å²) in [7, 11) is 0. The lowest BCUT2D eigenvalue weighted by molar-refractivity contribution is -0.118. The molecule has 1 atom stereocenters. The summed E-state index contributed by atoms with van der Waals surface area (Å²) in [6, 6.07) is 16.4. The van der Waals surface area contributed by atoms with Gasteiger partial charge < -0.3 is 15.5 Å². The van der Waals surface area contributed by atoms with Gasteiger partial charge in [-0.15, -0.1) is 0 Å². The van der Waals surface area contributed by atoms with Crippen LogP contribution in [0.15, 0.2) is 54.6 Å². The van der Waals surface area contributed by atoms with Crippen LogP contribution < -0.4 is 15.5 Å². The van der Waals surface area contributed by atoms with E-state index < -0.39 is 6.04 Å². The third-order valence-corrected chi connectivity index (χ3v) is 4.17. The molecule has 0 bridgehead atoms. The molecular weight excluding hydrogens is 302 g/mol. The smallest absolute Gasteiger partial charge is 0.319 e. The fourth-order valence-corrected chi connectivity index (χ4v) is 2.87. The Kier molecular flexibility index (Phi) is 4.79. The summed E-state index contributed by atoms with van der Waals surface area (Å²) in [6.45, 7) is 2.67. The van der Waals surface area contributed by atoms with Gasteiger partial charge in [-0.2, -0.15) is 0 Å². The normalized spacial score (nSPS) is 17.0. The summed E-state index contributed by atoms with van der Waals surface area (Å²) in [5, 5.41) is 5.57. The Hall–Kier alpha value is -2.82. The van der Waals surface area contributed by atoms with Crippen molar-refractivity contribution >= 4 is 23.3 Å². The number of hydrogen-bond acceptors (Lipinski definition) is 2. The molecule has 1 saturated heterocycles. The highest BCUT2D eigenvalue weighted by Gasteiger charge is 2.33. The summed E-state index contributed by atoms with van der Waals surface area (Å²) in [5.74, 6) is -0.0707. The number of nitrogens with zero attached hydrogens (tertiary/aromatic N) is 1. The summed E-state index contributed by atoms with van der Waals surface area (Å²) < 4.78 is 0. The molecule has 124 valence electrons. The molecule has 1 heterocycles. The Bertz CT molecular complexity index is 730. The molecule has 5 nitrogen and oxygen atoms in total. The van der Waals surface area contributed by atoms with Gasteiger partial charge in [0.2, 0.25) is 5.91 Å². The second kappa shape index (κ2) is 7.17. The number of aryl methyl sites for hydroxylation is 1. The number of carbonyl (C=O) groups excluding carboxylic acids is 2. The highest BCUT2D eigenvalue weighted by atomic mass is 16.2. The molecule has 0 aromatic heterocycles. The summed E-state index contributed by atoms with van der Waals surface area (Å²) >= 11 is 0. The minimum absolute atomic E-state index is 0.0707. The van der Waals surface area contributed by atoms with Crippen LogP contribution in [-0.2, 0) is 11.2 Å². The molecule has 0 unspecified atom stereocenters. The molecule has 24 heavy (non-hydrogen) atoms. The van der Waals surface area contributed by atoms with E-state index in [1.54, 1.807) is 4.90 Å². The minimum atomic E-state index is -0.487. The number of anilines is 2. The van der Waals surface area contributed by atoms with E-state index in [4.69, 9.17) is 0 Å². The Morgan fingerprint density at radius 1 is 1.17 bits per heavy atom. The average Bonchev–Trinajstić information content (AvgIpc) is 2.96. The lowest BCUT2D eigenvalue weighted by Crippen LogP contribution is -2.43. The predicted molar refractivity (Wildman–Crippen MR) is 95.2 cm³/mol.